The molecular formula is C19H14F3NO4. The number of anilines is 1. The van der Waals surface area contributed by atoms with Crippen LogP contribution in [0.1, 0.15) is 15.9 Å². The van der Waals surface area contributed by atoms with Gasteiger partial charge in [0, 0.05) is 17.8 Å². The molecule has 2 aromatic carbocycles. The second-order valence-corrected chi connectivity index (χ2v) is 5.97. The van der Waals surface area contributed by atoms with E-state index in [4.69, 9.17) is 4.74 Å². The molecule has 0 N–H and O–H groups in total. The number of alkyl halides is 3. The molecule has 27 heavy (non-hydrogen) atoms. The van der Waals surface area contributed by atoms with Crippen molar-refractivity contribution in [3.05, 3.63) is 59.7 Å². The zero-order chi connectivity index (χ0) is 19.8. The van der Waals surface area contributed by atoms with E-state index in [-0.39, 0.29) is 17.8 Å². The third kappa shape index (κ3) is 3.55. The molecule has 0 radical (unpaired) electrons. The van der Waals surface area contributed by atoms with Gasteiger partial charge < -0.3 is 9.64 Å². The molecule has 0 bridgehead atoms. The van der Waals surface area contributed by atoms with Crippen LogP contribution in [-0.4, -0.2) is 31.1 Å². The maximum Gasteiger partial charge on any atom is 0.416 e. The fraction of sp³-hybridized carbons (Fsp3) is 0.211. The average molecular weight is 377 g/mol. The molecule has 2 aromatic rings. The Morgan fingerprint density at radius 2 is 1.63 bits per heavy atom. The number of ketones is 2. The summed E-state index contributed by atoms with van der Waals surface area (Å²) in [5, 5.41) is 0. The molecule has 1 heterocycles. The Bertz CT molecular complexity index is 889. The van der Waals surface area contributed by atoms with Crippen LogP contribution in [0.3, 0.4) is 0 Å². The summed E-state index contributed by atoms with van der Waals surface area (Å²) in [6.07, 6.45) is -4.50. The Balaban J connectivity index is 1.82. The average Bonchev–Trinajstić information content (AvgIpc) is 2.96. The largest absolute Gasteiger partial charge is 0.497 e. The first-order valence-electron chi connectivity index (χ1n) is 7.93. The highest BCUT2D eigenvalue weighted by Crippen LogP contribution is 2.32. The van der Waals surface area contributed by atoms with Crippen LogP contribution in [0, 0.1) is 5.92 Å². The summed E-state index contributed by atoms with van der Waals surface area (Å²) in [5.41, 5.74) is -0.488. The summed E-state index contributed by atoms with van der Waals surface area (Å²) in [6, 6.07) is 9.95. The van der Waals surface area contributed by atoms with Crippen LogP contribution in [0.5, 0.6) is 5.75 Å². The van der Waals surface area contributed by atoms with Gasteiger partial charge in [0.15, 0.2) is 5.78 Å². The zero-order valence-electron chi connectivity index (χ0n) is 14.1. The van der Waals surface area contributed by atoms with Crippen LogP contribution < -0.4 is 9.64 Å². The third-order valence-corrected chi connectivity index (χ3v) is 4.33. The van der Waals surface area contributed by atoms with Crippen molar-refractivity contribution in [3.63, 3.8) is 0 Å². The number of methoxy groups -OCH3 is 1. The number of Topliss-reactive ketones (excluding diaryl/α,β-unsaturated/α-hetero) is 2. The van der Waals surface area contributed by atoms with E-state index in [2.05, 4.69) is 0 Å². The number of nitrogens with zero attached hydrogens (tertiary/aromatic N) is 1. The van der Waals surface area contributed by atoms with Crippen molar-refractivity contribution in [1.82, 2.24) is 0 Å². The molecule has 1 aliphatic heterocycles. The molecule has 0 aromatic heterocycles. The molecular weight excluding hydrogens is 363 g/mol. The highest BCUT2D eigenvalue weighted by molar-refractivity contribution is 6.48. The molecule has 1 amide bonds. The van der Waals surface area contributed by atoms with Crippen molar-refractivity contribution >= 4 is 23.2 Å². The van der Waals surface area contributed by atoms with Gasteiger partial charge in [-0.1, -0.05) is 0 Å². The van der Waals surface area contributed by atoms with Gasteiger partial charge in [0.2, 0.25) is 5.78 Å². The summed E-state index contributed by atoms with van der Waals surface area (Å²) in [5.74, 6) is -2.98. The monoisotopic (exact) mass is 377 g/mol. The second kappa shape index (κ2) is 6.86. The van der Waals surface area contributed by atoms with E-state index in [1.54, 1.807) is 12.1 Å². The van der Waals surface area contributed by atoms with Crippen molar-refractivity contribution in [2.45, 2.75) is 6.18 Å². The van der Waals surface area contributed by atoms with Gasteiger partial charge in [-0.25, -0.2) is 0 Å². The maximum atomic E-state index is 12.7. The molecule has 0 aliphatic carbocycles. The summed E-state index contributed by atoms with van der Waals surface area (Å²) in [4.78, 5) is 38.1. The SMILES string of the molecule is COc1ccc(C(=O)C2CN(c3ccc(C(F)(F)F)cc3)C(=O)C2=O)cc1. The summed E-state index contributed by atoms with van der Waals surface area (Å²) in [6.45, 7) is -0.214. The van der Waals surface area contributed by atoms with Gasteiger partial charge in [0.1, 0.15) is 11.7 Å². The summed E-state index contributed by atoms with van der Waals surface area (Å²) >= 11 is 0. The van der Waals surface area contributed by atoms with Crippen molar-refractivity contribution in [1.29, 1.82) is 0 Å². The van der Waals surface area contributed by atoms with Crippen LogP contribution >= 0.6 is 0 Å². The van der Waals surface area contributed by atoms with Gasteiger partial charge in [0.25, 0.3) is 5.91 Å². The second-order valence-electron chi connectivity index (χ2n) is 5.97. The van der Waals surface area contributed by atoms with E-state index in [1.165, 1.54) is 19.2 Å². The number of benzene rings is 2. The Kier molecular flexibility index (Phi) is 4.73. The van der Waals surface area contributed by atoms with Crippen molar-refractivity contribution < 1.29 is 32.3 Å². The zero-order valence-corrected chi connectivity index (χ0v) is 14.1. The van der Waals surface area contributed by atoms with E-state index < -0.39 is 35.1 Å². The first-order valence-corrected chi connectivity index (χ1v) is 7.93. The molecule has 0 saturated carbocycles. The smallest absolute Gasteiger partial charge is 0.416 e. The Hall–Kier alpha value is -3.16. The lowest BCUT2D eigenvalue weighted by Crippen LogP contribution is -2.26. The minimum absolute atomic E-state index is 0.131. The minimum Gasteiger partial charge on any atom is -0.497 e. The number of carbonyl (C=O) groups excluding carboxylic acids is 3. The molecule has 8 heteroatoms. The van der Waals surface area contributed by atoms with Gasteiger partial charge in [-0.05, 0) is 48.5 Å². The van der Waals surface area contributed by atoms with E-state index in [9.17, 15) is 27.6 Å². The van der Waals surface area contributed by atoms with Crippen LogP contribution in [0.25, 0.3) is 0 Å². The van der Waals surface area contributed by atoms with E-state index >= 15 is 0 Å². The number of hydrogen-bond donors (Lipinski definition) is 0. The number of amides is 1. The van der Waals surface area contributed by atoms with Gasteiger partial charge in [-0.15, -0.1) is 0 Å². The molecule has 140 valence electrons. The molecule has 0 spiro atoms. The topological polar surface area (TPSA) is 63.7 Å². The predicted octanol–water partition coefficient (Wildman–Crippen LogP) is 3.13. The first kappa shape index (κ1) is 18.6. The van der Waals surface area contributed by atoms with Crippen molar-refractivity contribution in [2.24, 2.45) is 5.92 Å². The van der Waals surface area contributed by atoms with Crippen LogP contribution in [0.15, 0.2) is 48.5 Å². The van der Waals surface area contributed by atoms with Crippen LogP contribution in [-0.2, 0) is 15.8 Å². The van der Waals surface area contributed by atoms with Gasteiger partial charge in [-0.3, -0.25) is 14.4 Å². The first-order chi connectivity index (χ1) is 12.7. The molecule has 5 nitrogen and oxygen atoms in total. The van der Waals surface area contributed by atoms with Crippen LogP contribution in [0.4, 0.5) is 18.9 Å². The van der Waals surface area contributed by atoms with Crippen molar-refractivity contribution in [3.8, 4) is 5.75 Å². The highest BCUT2D eigenvalue weighted by atomic mass is 19.4. The van der Waals surface area contributed by atoms with E-state index in [1.807, 2.05) is 0 Å². The molecule has 1 saturated heterocycles. The maximum absolute atomic E-state index is 12.7. The quantitative estimate of drug-likeness (QED) is 0.467. The fourth-order valence-corrected chi connectivity index (χ4v) is 2.84. The summed E-state index contributed by atoms with van der Waals surface area (Å²) in [7, 11) is 1.47. The van der Waals surface area contributed by atoms with Crippen LogP contribution in [0.2, 0.25) is 0 Å². The summed E-state index contributed by atoms with van der Waals surface area (Å²) < 4.78 is 43.0. The van der Waals surface area contributed by atoms with Crippen molar-refractivity contribution in [2.75, 3.05) is 18.6 Å². The Labute approximate surface area is 152 Å². The molecule has 1 aliphatic rings. The predicted molar refractivity (Wildman–Crippen MR) is 89.6 cm³/mol. The Morgan fingerprint density at radius 3 is 2.15 bits per heavy atom. The molecule has 3 rings (SSSR count). The Morgan fingerprint density at radius 1 is 1.04 bits per heavy atom. The van der Waals surface area contributed by atoms with Gasteiger partial charge in [0.05, 0.1) is 12.7 Å². The van der Waals surface area contributed by atoms with Gasteiger partial charge >= 0.3 is 6.18 Å². The number of halogens is 3. The lowest BCUT2D eigenvalue weighted by Gasteiger charge is -2.16. The normalized spacial score (nSPS) is 17.3. The standard InChI is InChI=1S/C19H14F3NO4/c1-27-14-8-2-11(3-9-14)16(24)15-10-23(18(26)17(15)25)13-6-4-12(5-7-13)19(20,21)22/h2-9,15H,10H2,1H3. The molecule has 1 fully saturated rings. The van der Waals surface area contributed by atoms with E-state index in [0.717, 1.165) is 29.2 Å². The lowest BCUT2D eigenvalue weighted by molar-refractivity contribution is -0.137. The van der Waals surface area contributed by atoms with Gasteiger partial charge in [-0.2, -0.15) is 13.2 Å². The lowest BCUT2D eigenvalue weighted by atomic mass is 9.96. The highest BCUT2D eigenvalue weighted by Gasteiger charge is 2.44. The minimum atomic E-state index is -4.50. The molecule has 1 unspecified atom stereocenters. The third-order valence-electron chi connectivity index (χ3n) is 4.33. The number of carbonyl (C=O) groups is 3. The molecule has 1 atom stereocenters. The number of hydrogen-bond acceptors (Lipinski definition) is 4. The number of ether oxygens (including phenoxy) is 1. The van der Waals surface area contributed by atoms with E-state index in [0.29, 0.717) is 5.75 Å². The fourth-order valence-electron chi connectivity index (χ4n) is 2.84. The number of rotatable bonds is 4.